The van der Waals surface area contributed by atoms with Gasteiger partial charge in [0.2, 0.25) is 0 Å². The Bertz CT molecular complexity index is 1100. The molecule has 0 radical (unpaired) electrons. The Morgan fingerprint density at radius 2 is 0.825 bits per heavy atom. The van der Waals surface area contributed by atoms with Gasteiger partial charge in [-0.2, -0.15) is 0 Å². The summed E-state index contributed by atoms with van der Waals surface area (Å²) in [4.78, 5) is 5.13. The van der Waals surface area contributed by atoms with Crippen molar-refractivity contribution in [3.8, 4) is 0 Å². The number of rotatable bonds is 12. The molecule has 2 nitrogen and oxygen atoms in total. The topological polar surface area (TPSA) is 6.48 Å². The van der Waals surface area contributed by atoms with E-state index in [9.17, 15) is 0 Å². The van der Waals surface area contributed by atoms with Crippen molar-refractivity contribution < 1.29 is 0 Å². The van der Waals surface area contributed by atoms with Gasteiger partial charge in [-0.3, -0.25) is 9.80 Å². The van der Waals surface area contributed by atoms with Gasteiger partial charge in [0.15, 0.2) is 0 Å². The Morgan fingerprint density at radius 1 is 0.475 bits per heavy atom. The predicted octanol–water partition coefficient (Wildman–Crippen LogP) is 10.2. The van der Waals surface area contributed by atoms with Crippen LogP contribution in [0, 0.1) is 0 Å². The van der Waals surface area contributed by atoms with E-state index in [1.807, 2.05) is 0 Å². The Labute approximate surface area is 245 Å². The molecule has 0 aliphatic rings. The maximum Gasteiger partial charge on any atom is 0.0326 e. The summed E-state index contributed by atoms with van der Waals surface area (Å²) in [5.41, 5.74) is 5.55. The van der Waals surface area contributed by atoms with Crippen LogP contribution in [-0.4, -0.2) is 21.9 Å². The van der Waals surface area contributed by atoms with Gasteiger partial charge < -0.3 is 0 Å². The van der Waals surface area contributed by atoms with Gasteiger partial charge in [-0.15, -0.1) is 0 Å². The summed E-state index contributed by atoms with van der Waals surface area (Å²) in [6.45, 7) is 14.5. The van der Waals surface area contributed by atoms with Gasteiger partial charge in [0, 0.05) is 37.8 Å². The Hall–Kier alpha value is -3.20. The molecule has 2 heteroatoms. The summed E-state index contributed by atoms with van der Waals surface area (Å²) >= 11 is 0. The zero-order valence-corrected chi connectivity index (χ0v) is 24.7. The molecule has 0 N–H and O–H groups in total. The van der Waals surface area contributed by atoms with Gasteiger partial charge in [0.25, 0.3) is 0 Å². The summed E-state index contributed by atoms with van der Waals surface area (Å²) < 4.78 is 0. The van der Waals surface area contributed by atoms with Crippen LogP contribution in [0.3, 0.4) is 0 Å². The van der Waals surface area contributed by atoms with Gasteiger partial charge in [-0.05, 0) is 55.9 Å². The zero-order chi connectivity index (χ0) is 27.9. The lowest BCUT2D eigenvalue weighted by atomic mass is 10.0. The molecule has 4 aromatic carbocycles. The third kappa shape index (κ3) is 10.8. The molecule has 0 bridgehead atoms. The Morgan fingerprint density at radius 3 is 1.20 bits per heavy atom. The summed E-state index contributed by atoms with van der Waals surface area (Å²) in [5.74, 6) is 0. The minimum Gasteiger partial charge on any atom is -0.292 e. The lowest BCUT2D eigenvalue weighted by molar-refractivity contribution is 0.141. The van der Waals surface area contributed by atoms with E-state index in [1.165, 1.54) is 35.1 Å². The second-order valence-electron chi connectivity index (χ2n) is 10.6. The fraction of sp³-hybridized carbons (Fsp3) is 0.368. The van der Waals surface area contributed by atoms with E-state index in [-0.39, 0.29) is 7.43 Å². The maximum absolute atomic E-state index is 2.59. The molecule has 0 saturated heterocycles. The molecule has 0 spiro atoms. The summed E-state index contributed by atoms with van der Waals surface area (Å²) in [6, 6.07) is 44.6. The second kappa shape index (κ2) is 18.2. The van der Waals surface area contributed by atoms with Crippen molar-refractivity contribution in [2.45, 2.75) is 92.6 Å². The quantitative estimate of drug-likeness (QED) is 0.178. The largest absolute Gasteiger partial charge is 0.292 e. The van der Waals surface area contributed by atoms with Gasteiger partial charge in [-0.1, -0.05) is 143 Å². The molecule has 214 valence electrons. The number of hydrogen-bond donors (Lipinski definition) is 0. The summed E-state index contributed by atoms with van der Waals surface area (Å²) in [6.07, 6.45) is 2.35. The van der Waals surface area contributed by atoms with Crippen molar-refractivity contribution in [2.24, 2.45) is 0 Å². The second-order valence-corrected chi connectivity index (χ2v) is 10.6. The fourth-order valence-electron chi connectivity index (χ4n) is 4.89. The molecule has 0 aromatic heterocycles. The molecule has 3 atom stereocenters. The van der Waals surface area contributed by atoms with Gasteiger partial charge in [-0.25, -0.2) is 0 Å². The van der Waals surface area contributed by atoms with Gasteiger partial charge in [0.1, 0.15) is 0 Å². The SMILES string of the molecule is C.CCC(C)N(Cc1ccccc1)Cc1ccccc1.CC[C@@H](C)N(Cc1ccccc1)[C@@H](C)c1ccccc1. The maximum atomic E-state index is 2.59. The smallest absolute Gasteiger partial charge is 0.0326 e. The minimum atomic E-state index is 0. The monoisotopic (exact) mass is 536 g/mol. The molecular formula is C38H52N2. The van der Waals surface area contributed by atoms with Crippen molar-refractivity contribution in [3.05, 3.63) is 144 Å². The van der Waals surface area contributed by atoms with Crippen LogP contribution in [0.5, 0.6) is 0 Å². The molecule has 40 heavy (non-hydrogen) atoms. The van der Waals surface area contributed by atoms with Crippen LogP contribution in [0.15, 0.2) is 121 Å². The molecule has 0 heterocycles. The van der Waals surface area contributed by atoms with Crippen LogP contribution in [0.25, 0.3) is 0 Å². The van der Waals surface area contributed by atoms with Crippen LogP contribution < -0.4 is 0 Å². The summed E-state index contributed by atoms with van der Waals surface area (Å²) in [7, 11) is 0. The molecule has 0 saturated carbocycles. The number of benzene rings is 4. The molecule has 0 fully saturated rings. The molecule has 4 rings (SSSR count). The van der Waals surface area contributed by atoms with Gasteiger partial charge in [0.05, 0.1) is 0 Å². The third-order valence-corrected chi connectivity index (χ3v) is 7.82. The van der Waals surface area contributed by atoms with Crippen LogP contribution in [0.2, 0.25) is 0 Å². The summed E-state index contributed by atoms with van der Waals surface area (Å²) in [5, 5.41) is 0. The normalized spacial score (nSPS) is 13.1. The zero-order valence-electron chi connectivity index (χ0n) is 24.7. The standard InChI is InChI=1S/C19H25N.C18H23N.CH4/c1-4-16(2)20(15-18-11-7-5-8-12-18)17(3)19-13-9-6-10-14-19;1-3-16(2)19(14-17-10-6-4-7-11-17)15-18-12-8-5-9-13-18;/h5-14,16-17H,4,15H2,1-3H3;4-13,16H,3,14-15H2,1-2H3;1H4/t16-,17+;;/m1../s1. The lowest BCUT2D eigenvalue weighted by Gasteiger charge is -2.34. The van der Waals surface area contributed by atoms with E-state index in [0.717, 1.165) is 19.6 Å². The first-order valence-corrected chi connectivity index (χ1v) is 14.7. The average molecular weight is 537 g/mol. The van der Waals surface area contributed by atoms with Gasteiger partial charge >= 0.3 is 0 Å². The minimum absolute atomic E-state index is 0. The average Bonchev–Trinajstić information content (AvgIpc) is 3.00. The van der Waals surface area contributed by atoms with E-state index in [0.29, 0.717) is 18.1 Å². The first-order valence-electron chi connectivity index (χ1n) is 14.7. The van der Waals surface area contributed by atoms with Crippen LogP contribution >= 0.6 is 0 Å². The van der Waals surface area contributed by atoms with E-state index in [1.54, 1.807) is 0 Å². The Kier molecular flexibility index (Phi) is 15.0. The highest BCUT2D eigenvalue weighted by atomic mass is 15.2. The van der Waals surface area contributed by atoms with Crippen molar-refractivity contribution >= 4 is 0 Å². The highest BCUT2D eigenvalue weighted by molar-refractivity contribution is 5.20. The number of nitrogens with zero attached hydrogens (tertiary/aromatic N) is 2. The molecule has 0 aliphatic heterocycles. The fourth-order valence-corrected chi connectivity index (χ4v) is 4.89. The van der Waals surface area contributed by atoms with Crippen LogP contribution in [0.4, 0.5) is 0 Å². The molecule has 4 aromatic rings. The first-order chi connectivity index (χ1) is 19.0. The van der Waals surface area contributed by atoms with E-state index >= 15 is 0 Å². The van der Waals surface area contributed by atoms with E-state index in [4.69, 9.17) is 0 Å². The molecule has 1 unspecified atom stereocenters. The third-order valence-electron chi connectivity index (χ3n) is 7.82. The Balaban J connectivity index is 0.000000274. The van der Waals surface area contributed by atoms with Crippen LogP contribution in [0.1, 0.15) is 83.2 Å². The van der Waals surface area contributed by atoms with Crippen molar-refractivity contribution in [1.82, 2.24) is 9.80 Å². The lowest BCUT2D eigenvalue weighted by Crippen LogP contribution is -2.34. The van der Waals surface area contributed by atoms with Crippen LogP contribution in [-0.2, 0) is 19.6 Å². The molecule has 0 aliphatic carbocycles. The van der Waals surface area contributed by atoms with Crippen molar-refractivity contribution in [3.63, 3.8) is 0 Å². The molecular weight excluding hydrogens is 484 g/mol. The highest BCUT2D eigenvalue weighted by Crippen LogP contribution is 2.25. The first kappa shape index (κ1) is 33.0. The predicted molar refractivity (Wildman–Crippen MR) is 175 cm³/mol. The van der Waals surface area contributed by atoms with E-state index in [2.05, 4.69) is 166 Å². The van der Waals surface area contributed by atoms with Crippen molar-refractivity contribution in [1.29, 1.82) is 0 Å². The highest BCUT2D eigenvalue weighted by Gasteiger charge is 2.20. The number of hydrogen-bond acceptors (Lipinski definition) is 2. The molecule has 0 amide bonds. The van der Waals surface area contributed by atoms with E-state index < -0.39 is 0 Å². The van der Waals surface area contributed by atoms with Crippen molar-refractivity contribution in [2.75, 3.05) is 0 Å².